The van der Waals surface area contributed by atoms with Crippen molar-refractivity contribution in [2.45, 2.75) is 6.42 Å². The van der Waals surface area contributed by atoms with Gasteiger partial charge in [-0.05, 0) is 47.5 Å². The van der Waals surface area contributed by atoms with Crippen LogP contribution in [-0.4, -0.2) is 33.2 Å². The number of hydrogen-bond acceptors (Lipinski definition) is 5. The van der Waals surface area contributed by atoms with Crippen molar-refractivity contribution in [3.8, 4) is 17.2 Å². The summed E-state index contributed by atoms with van der Waals surface area (Å²) >= 11 is 0. The molecular formula is C27H20N2O5. The zero-order valence-corrected chi connectivity index (χ0v) is 18.0. The third-order valence-electron chi connectivity index (χ3n) is 5.61. The molecule has 0 amide bonds. The minimum atomic E-state index is -1.19. The van der Waals surface area contributed by atoms with Crippen LogP contribution in [-0.2, 0) is 11.2 Å². The van der Waals surface area contributed by atoms with Crippen LogP contribution in [0.3, 0.4) is 0 Å². The largest absolute Gasteiger partial charge is 0.478 e. The summed E-state index contributed by atoms with van der Waals surface area (Å²) in [6.45, 7) is 0.0734. The molecule has 0 unspecified atom stereocenters. The molecule has 0 saturated carbocycles. The Balaban J connectivity index is 1.61. The molecule has 7 heteroatoms. The predicted octanol–water partition coefficient (Wildman–Crippen LogP) is 4.56. The molecule has 0 atom stereocenters. The molecular weight excluding hydrogens is 432 g/mol. The molecule has 0 fully saturated rings. The number of carboxylic acids is 1. The molecule has 0 bridgehead atoms. The van der Waals surface area contributed by atoms with E-state index in [0.717, 1.165) is 11.3 Å². The van der Waals surface area contributed by atoms with Gasteiger partial charge in [-0.2, -0.15) is 0 Å². The normalized spacial score (nSPS) is 12.8. The second-order valence-electron chi connectivity index (χ2n) is 7.74. The third kappa shape index (κ3) is 4.19. The van der Waals surface area contributed by atoms with Crippen LogP contribution < -0.4 is 9.47 Å². The number of imidazole rings is 1. The molecule has 1 N–H and O–H groups in total. The highest BCUT2D eigenvalue weighted by Crippen LogP contribution is 2.36. The lowest BCUT2D eigenvalue weighted by Gasteiger charge is -2.14. The van der Waals surface area contributed by atoms with Gasteiger partial charge in [-0.3, -0.25) is 4.79 Å². The number of rotatable bonds is 7. The lowest BCUT2D eigenvalue weighted by Crippen LogP contribution is -2.14. The van der Waals surface area contributed by atoms with Crippen molar-refractivity contribution >= 4 is 17.3 Å². The second-order valence-corrected chi connectivity index (χ2v) is 7.74. The predicted molar refractivity (Wildman–Crippen MR) is 125 cm³/mol. The first-order valence-corrected chi connectivity index (χ1v) is 10.6. The van der Waals surface area contributed by atoms with Gasteiger partial charge in [-0.25, -0.2) is 9.78 Å². The summed E-state index contributed by atoms with van der Waals surface area (Å²) in [5.41, 5.74) is 2.58. The number of fused-ring (bicyclic) bond motifs is 1. The van der Waals surface area contributed by atoms with E-state index >= 15 is 0 Å². The van der Waals surface area contributed by atoms with Crippen molar-refractivity contribution in [3.63, 3.8) is 0 Å². The Bertz CT molecular complexity index is 1370. The lowest BCUT2D eigenvalue weighted by atomic mass is 9.89. The van der Waals surface area contributed by atoms with Gasteiger partial charge in [0.05, 0.1) is 11.9 Å². The van der Waals surface area contributed by atoms with Gasteiger partial charge < -0.3 is 19.1 Å². The molecule has 3 aromatic carbocycles. The first-order chi connectivity index (χ1) is 16.6. The number of ketones is 1. The highest BCUT2D eigenvalue weighted by molar-refractivity contribution is 6.26. The van der Waals surface area contributed by atoms with Crippen LogP contribution in [0.4, 0.5) is 0 Å². The van der Waals surface area contributed by atoms with E-state index in [1.165, 1.54) is 0 Å². The zero-order valence-electron chi connectivity index (χ0n) is 18.0. The van der Waals surface area contributed by atoms with Crippen molar-refractivity contribution in [2.24, 2.45) is 0 Å². The van der Waals surface area contributed by atoms with Gasteiger partial charge in [0.25, 0.3) is 0 Å². The summed E-state index contributed by atoms with van der Waals surface area (Å²) in [6.07, 6.45) is 5.31. The Morgan fingerprint density at radius 1 is 0.912 bits per heavy atom. The number of ether oxygens (including phenoxy) is 2. The number of aliphatic carboxylic acids is 1. The van der Waals surface area contributed by atoms with Crippen molar-refractivity contribution in [3.05, 3.63) is 114 Å². The number of allylic oxidation sites excluding steroid dienone is 1. The highest BCUT2D eigenvalue weighted by Gasteiger charge is 2.25. The minimum Gasteiger partial charge on any atom is -0.478 e. The van der Waals surface area contributed by atoms with E-state index in [0.29, 0.717) is 22.6 Å². The van der Waals surface area contributed by atoms with Crippen LogP contribution in [0.1, 0.15) is 21.5 Å². The number of hydrogen-bond donors (Lipinski definition) is 1. The standard InChI is InChI=1S/C27H20N2O5/c30-26(19-6-9-21(10-7-19)29-13-12-28-16-29)22(14-18-4-2-1-3-5-18)25(27(31)32)20-8-11-23-24(15-20)34-17-33-23/h1-13,15-16H,14,17H2,(H,31,32). The summed E-state index contributed by atoms with van der Waals surface area (Å²) in [7, 11) is 0. The maximum Gasteiger partial charge on any atom is 0.336 e. The van der Waals surface area contributed by atoms with Crippen LogP contribution >= 0.6 is 0 Å². The Morgan fingerprint density at radius 3 is 2.35 bits per heavy atom. The monoisotopic (exact) mass is 452 g/mol. The summed E-state index contributed by atoms with van der Waals surface area (Å²) in [6, 6.07) is 21.2. The van der Waals surface area contributed by atoms with Crippen LogP contribution in [0.15, 0.2) is 97.1 Å². The summed E-state index contributed by atoms with van der Waals surface area (Å²) < 4.78 is 12.6. The van der Waals surface area contributed by atoms with Crippen molar-refractivity contribution in [2.75, 3.05) is 6.79 Å². The fourth-order valence-electron chi connectivity index (χ4n) is 3.93. The van der Waals surface area contributed by atoms with E-state index < -0.39 is 5.97 Å². The van der Waals surface area contributed by atoms with Gasteiger partial charge in [0.15, 0.2) is 17.3 Å². The van der Waals surface area contributed by atoms with Gasteiger partial charge in [-0.1, -0.05) is 36.4 Å². The smallest absolute Gasteiger partial charge is 0.336 e. The maximum atomic E-state index is 13.7. The van der Waals surface area contributed by atoms with E-state index in [4.69, 9.17) is 9.47 Å². The summed E-state index contributed by atoms with van der Waals surface area (Å²) in [4.78, 5) is 30.2. The van der Waals surface area contributed by atoms with Gasteiger partial charge in [0.1, 0.15) is 0 Å². The van der Waals surface area contributed by atoms with Gasteiger partial charge in [0, 0.05) is 35.6 Å². The quantitative estimate of drug-likeness (QED) is 0.326. The Labute approximate surface area is 195 Å². The number of carboxylic acid groups (broad SMARTS) is 1. The first-order valence-electron chi connectivity index (χ1n) is 10.6. The average molecular weight is 452 g/mol. The van der Waals surface area contributed by atoms with Gasteiger partial charge in [-0.15, -0.1) is 0 Å². The lowest BCUT2D eigenvalue weighted by molar-refractivity contribution is -0.130. The van der Waals surface area contributed by atoms with Gasteiger partial charge in [0.2, 0.25) is 6.79 Å². The number of carbonyl (C=O) groups is 2. The Morgan fingerprint density at radius 2 is 1.65 bits per heavy atom. The second kappa shape index (κ2) is 9.07. The van der Waals surface area contributed by atoms with E-state index in [1.807, 2.05) is 34.9 Å². The Hall–Kier alpha value is -4.65. The number of aromatic nitrogens is 2. The molecule has 2 heterocycles. The molecule has 168 valence electrons. The van der Waals surface area contributed by atoms with E-state index in [1.54, 1.807) is 61.2 Å². The molecule has 5 rings (SSSR count). The summed E-state index contributed by atoms with van der Waals surface area (Å²) in [5, 5.41) is 10.2. The highest BCUT2D eigenvalue weighted by atomic mass is 16.7. The van der Waals surface area contributed by atoms with Crippen LogP contribution in [0.2, 0.25) is 0 Å². The summed E-state index contributed by atoms with van der Waals surface area (Å²) in [5.74, 6) is -0.545. The minimum absolute atomic E-state index is 0.0640. The van der Waals surface area contributed by atoms with Crippen molar-refractivity contribution < 1.29 is 24.2 Å². The molecule has 0 radical (unpaired) electrons. The molecule has 1 aromatic heterocycles. The van der Waals surface area contributed by atoms with Gasteiger partial charge >= 0.3 is 5.97 Å². The molecule has 7 nitrogen and oxygen atoms in total. The zero-order chi connectivity index (χ0) is 23.5. The average Bonchev–Trinajstić information content (AvgIpc) is 3.56. The maximum absolute atomic E-state index is 13.7. The first kappa shape index (κ1) is 21.2. The van der Waals surface area contributed by atoms with Crippen molar-refractivity contribution in [1.29, 1.82) is 0 Å². The van der Waals surface area contributed by atoms with E-state index in [9.17, 15) is 14.7 Å². The van der Waals surface area contributed by atoms with Crippen LogP contribution in [0.5, 0.6) is 11.5 Å². The molecule has 0 aliphatic carbocycles. The van der Waals surface area contributed by atoms with Crippen LogP contribution in [0, 0.1) is 0 Å². The molecule has 1 aliphatic heterocycles. The molecule has 4 aromatic rings. The number of carbonyl (C=O) groups excluding carboxylic acids is 1. The van der Waals surface area contributed by atoms with E-state index in [-0.39, 0.29) is 30.1 Å². The van der Waals surface area contributed by atoms with Crippen LogP contribution in [0.25, 0.3) is 11.3 Å². The molecule has 34 heavy (non-hydrogen) atoms. The third-order valence-corrected chi connectivity index (χ3v) is 5.61. The molecule has 1 aliphatic rings. The Kier molecular flexibility index (Phi) is 5.66. The van der Waals surface area contributed by atoms with Crippen molar-refractivity contribution in [1.82, 2.24) is 9.55 Å². The number of nitrogens with zero attached hydrogens (tertiary/aromatic N) is 2. The van der Waals surface area contributed by atoms with E-state index in [2.05, 4.69) is 4.98 Å². The number of Topliss-reactive ketones (excluding diaryl/α,β-unsaturated/α-hetero) is 1. The SMILES string of the molecule is O=C(O)C(=C(Cc1ccccc1)C(=O)c1ccc(-n2ccnc2)cc1)c1ccc2c(c1)OCO2. The molecule has 0 spiro atoms. The molecule has 0 saturated heterocycles. The number of benzene rings is 3. The fourth-order valence-corrected chi connectivity index (χ4v) is 3.93. The fraction of sp³-hybridized carbons (Fsp3) is 0.0741. The topological polar surface area (TPSA) is 90.7 Å².